The van der Waals surface area contributed by atoms with Crippen LogP contribution >= 0.6 is 11.6 Å². The van der Waals surface area contributed by atoms with Crippen LogP contribution in [0.1, 0.15) is 12.0 Å². The summed E-state index contributed by atoms with van der Waals surface area (Å²) < 4.78 is 0. The molecular formula is C12H17ClN2. The van der Waals surface area contributed by atoms with E-state index < -0.39 is 0 Å². The lowest BCUT2D eigenvalue weighted by Crippen LogP contribution is -2.28. The smallest absolute Gasteiger partial charge is 0.0406 e. The Morgan fingerprint density at radius 1 is 1.33 bits per heavy atom. The summed E-state index contributed by atoms with van der Waals surface area (Å²) in [6.45, 7) is 3.30. The van der Waals surface area contributed by atoms with E-state index in [1.807, 2.05) is 12.1 Å². The molecule has 2 nitrogen and oxygen atoms in total. The third-order valence-corrected chi connectivity index (χ3v) is 3.19. The number of halogens is 1. The molecule has 1 saturated heterocycles. The third kappa shape index (κ3) is 3.20. The zero-order chi connectivity index (χ0) is 10.7. The van der Waals surface area contributed by atoms with Crippen LogP contribution in [-0.2, 0) is 6.42 Å². The Morgan fingerprint density at radius 3 is 2.67 bits per heavy atom. The highest BCUT2D eigenvalue weighted by atomic mass is 35.5. The number of nitrogens with zero attached hydrogens (tertiary/aromatic N) is 1. The molecule has 82 valence electrons. The Bertz CT molecular complexity index is 310. The first-order chi connectivity index (χ1) is 7.24. The highest BCUT2D eigenvalue weighted by molar-refractivity contribution is 6.30. The van der Waals surface area contributed by atoms with Crippen LogP contribution in [0.15, 0.2) is 24.3 Å². The van der Waals surface area contributed by atoms with E-state index in [9.17, 15) is 0 Å². The molecule has 0 aromatic heterocycles. The highest BCUT2D eigenvalue weighted by Gasteiger charge is 2.17. The normalized spacial score (nSPS) is 22.1. The number of hydrogen-bond acceptors (Lipinski definition) is 2. The second kappa shape index (κ2) is 4.97. The molecule has 1 heterocycles. The summed E-state index contributed by atoms with van der Waals surface area (Å²) in [5, 5.41) is 0.807. The van der Waals surface area contributed by atoms with Crippen molar-refractivity contribution >= 4 is 11.6 Å². The summed E-state index contributed by atoms with van der Waals surface area (Å²) in [4.78, 5) is 2.43. The predicted octanol–water partition coefficient (Wildman–Crippen LogP) is 1.92. The largest absolute Gasteiger partial charge is 0.326 e. The van der Waals surface area contributed by atoms with Crippen molar-refractivity contribution in [3.8, 4) is 0 Å². The van der Waals surface area contributed by atoms with E-state index in [0.717, 1.165) is 37.5 Å². The van der Waals surface area contributed by atoms with Crippen LogP contribution in [0.5, 0.6) is 0 Å². The van der Waals surface area contributed by atoms with Crippen molar-refractivity contribution in [2.45, 2.75) is 18.9 Å². The Kier molecular flexibility index (Phi) is 3.62. The first-order valence-electron chi connectivity index (χ1n) is 5.46. The molecular weight excluding hydrogens is 208 g/mol. The van der Waals surface area contributed by atoms with Crippen LogP contribution in [0.25, 0.3) is 0 Å². The van der Waals surface area contributed by atoms with E-state index in [2.05, 4.69) is 17.0 Å². The van der Waals surface area contributed by atoms with Crippen molar-refractivity contribution in [1.29, 1.82) is 0 Å². The fraction of sp³-hybridized carbons (Fsp3) is 0.500. The van der Waals surface area contributed by atoms with Gasteiger partial charge in [-0.15, -0.1) is 0 Å². The maximum atomic E-state index is 5.85. The summed E-state index contributed by atoms with van der Waals surface area (Å²) in [5.74, 6) is 0. The second-order valence-corrected chi connectivity index (χ2v) is 4.66. The Morgan fingerprint density at radius 2 is 2.07 bits per heavy atom. The van der Waals surface area contributed by atoms with Crippen LogP contribution in [0.4, 0.5) is 0 Å². The summed E-state index contributed by atoms with van der Waals surface area (Å²) in [6.07, 6.45) is 2.23. The molecule has 0 aliphatic carbocycles. The third-order valence-electron chi connectivity index (χ3n) is 2.94. The first-order valence-corrected chi connectivity index (χ1v) is 5.84. The van der Waals surface area contributed by atoms with Crippen LogP contribution in [0, 0.1) is 0 Å². The Labute approximate surface area is 96.0 Å². The second-order valence-electron chi connectivity index (χ2n) is 4.23. The monoisotopic (exact) mass is 224 g/mol. The van der Waals surface area contributed by atoms with Gasteiger partial charge in [0.2, 0.25) is 0 Å². The van der Waals surface area contributed by atoms with E-state index in [0.29, 0.717) is 6.04 Å². The Balaban J connectivity index is 1.80. The molecule has 1 aliphatic rings. The van der Waals surface area contributed by atoms with Crippen molar-refractivity contribution in [1.82, 2.24) is 4.90 Å². The summed E-state index contributed by atoms with van der Waals surface area (Å²) in [5.41, 5.74) is 7.20. The molecule has 2 rings (SSSR count). The number of nitrogens with two attached hydrogens (primary N) is 1. The van der Waals surface area contributed by atoms with Gasteiger partial charge < -0.3 is 10.6 Å². The lowest BCUT2D eigenvalue weighted by Gasteiger charge is -2.14. The maximum absolute atomic E-state index is 5.85. The van der Waals surface area contributed by atoms with Gasteiger partial charge in [0.15, 0.2) is 0 Å². The summed E-state index contributed by atoms with van der Waals surface area (Å²) in [6, 6.07) is 8.48. The van der Waals surface area contributed by atoms with E-state index in [-0.39, 0.29) is 0 Å². The molecule has 0 radical (unpaired) electrons. The number of likely N-dealkylation sites (tertiary alicyclic amines) is 1. The van der Waals surface area contributed by atoms with Crippen molar-refractivity contribution in [2.24, 2.45) is 5.73 Å². The van der Waals surface area contributed by atoms with Crippen molar-refractivity contribution < 1.29 is 0 Å². The molecule has 1 fully saturated rings. The summed E-state index contributed by atoms with van der Waals surface area (Å²) in [7, 11) is 0. The SMILES string of the molecule is NC1CCN(CCc2ccc(Cl)cc2)C1. The zero-order valence-electron chi connectivity index (χ0n) is 8.82. The molecule has 0 saturated carbocycles. The topological polar surface area (TPSA) is 29.3 Å². The van der Waals surface area contributed by atoms with E-state index in [1.54, 1.807) is 0 Å². The van der Waals surface area contributed by atoms with Gasteiger partial charge in [0.25, 0.3) is 0 Å². The predicted molar refractivity (Wildman–Crippen MR) is 64.2 cm³/mol. The minimum absolute atomic E-state index is 0.384. The van der Waals surface area contributed by atoms with Crippen molar-refractivity contribution in [2.75, 3.05) is 19.6 Å². The molecule has 1 unspecified atom stereocenters. The van der Waals surface area contributed by atoms with Crippen LogP contribution < -0.4 is 5.73 Å². The molecule has 1 aromatic rings. The average molecular weight is 225 g/mol. The molecule has 1 aliphatic heterocycles. The zero-order valence-corrected chi connectivity index (χ0v) is 9.58. The van der Waals surface area contributed by atoms with Gasteiger partial charge in [0.1, 0.15) is 0 Å². The quantitative estimate of drug-likeness (QED) is 0.850. The molecule has 1 atom stereocenters. The van der Waals surface area contributed by atoms with Gasteiger partial charge >= 0.3 is 0 Å². The molecule has 0 spiro atoms. The van der Waals surface area contributed by atoms with Crippen LogP contribution in [0.3, 0.4) is 0 Å². The standard InChI is InChI=1S/C12H17ClN2/c13-11-3-1-10(2-4-11)5-7-15-8-6-12(14)9-15/h1-4,12H,5-9,14H2. The molecule has 2 N–H and O–H groups in total. The number of benzene rings is 1. The van der Waals surface area contributed by atoms with Crippen LogP contribution in [-0.4, -0.2) is 30.6 Å². The van der Waals surface area contributed by atoms with Gasteiger partial charge in [-0.2, -0.15) is 0 Å². The van der Waals surface area contributed by atoms with E-state index >= 15 is 0 Å². The maximum Gasteiger partial charge on any atom is 0.0406 e. The van der Waals surface area contributed by atoms with Gasteiger partial charge in [-0.05, 0) is 37.1 Å². The van der Waals surface area contributed by atoms with E-state index in [4.69, 9.17) is 17.3 Å². The molecule has 1 aromatic carbocycles. The summed E-state index contributed by atoms with van der Waals surface area (Å²) >= 11 is 5.83. The molecule has 3 heteroatoms. The van der Waals surface area contributed by atoms with Gasteiger partial charge in [-0.3, -0.25) is 0 Å². The molecule has 0 amide bonds. The minimum atomic E-state index is 0.384. The lowest BCUT2D eigenvalue weighted by molar-refractivity contribution is 0.339. The van der Waals surface area contributed by atoms with Gasteiger partial charge in [-0.25, -0.2) is 0 Å². The number of rotatable bonds is 3. The van der Waals surface area contributed by atoms with Crippen molar-refractivity contribution in [3.63, 3.8) is 0 Å². The molecule has 15 heavy (non-hydrogen) atoms. The van der Waals surface area contributed by atoms with Crippen LogP contribution in [0.2, 0.25) is 5.02 Å². The van der Waals surface area contributed by atoms with Gasteiger partial charge in [0.05, 0.1) is 0 Å². The average Bonchev–Trinajstić information content (AvgIpc) is 2.64. The highest BCUT2D eigenvalue weighted by Crippen LogP contribution is 2.12. The Hall–Kier alpha value is -0.570. The molecule has 0 bridgehead atoms. The van der Waals surface area contributed by atoms with Crippen molar-refractivity contribution in [3.05, 3.63) is 34.9 Å². The first kappa shape index (κ1) is 10.9. The fourth-order valence-corrected chi connectivity index (χ4v) is 2.13. The fourth-order valence-electron chi connectivity index (χ4n) is 2.00. The number of hydrogen-bond donors (Lipinski definition) is 1. The van der Waals surface area contributed by atoms with E-state index in [1.165, 1.54) is 5.56 Å². The lowest BCUT2D eigenvalue weighted by atomic mass is 10.1. The van der Waals surface area contributed by atoms with Gasteiger partial charge in [0, 0.05) is 24.2 Å². The minimum Gasteiger partial charge on any atom is -0.326 e. The van der Waals surface area contributed by atoms with Gasteiger partial charge in [-0.1, -0.05) is 23.7 Å².